The van der Waals surface area contributed by atoms with Crippen molar-refractivity contribution >= 4 is 28.3 Å². The van der Waals surface area contributed by atoms with Crippen LogP contribution in [0.4, 0.5) is 5.13 Å². The lowest BCUT2D eigenvalue weighted by Gasteiger charge is -2.03. The van der Waals surface area contributed by atoms with Crippen molar-refractivity contribution in [1.82, 2.24) is 15.5 Å². The van der Waals surface area contributed by atoms with Crippen molar-refractivity contribution in [3.8, 4) is 10.6 Å². The molecule has 0 fully saturated rings. The minimum absolute atomic E-state index is 0.130. The van der Waals surface area contributed by atoms with E-state index in [1.54, 1.807) is 12.1 Å². The SMILES string of the molecule is Cc1ccc(-c2nnc(NC(=O)CCNC(=O)c3ccco3)s2)c(C)c1. The number of furan rings is 1. The molecule has 134 valence electrons. The second-order valence-electron chi connectivity index (χ2n) is 5.76. The Morgan fingerprint density at radius 1 is 1.19 bits per heavy atom. The van der Waals surface area contributed by atoms with Gasteiger partial charge in [0.25, 0.3) is 5.91 Å². The van der Waals surface area contributed by atoms with Crippen molar-refractivity contribution in [2.75, 3.05) is 11.9 Å². The highest BCUT2D eigenvalue weighted by Crippen LogP contribution is 2.29. The van der Waals surface area contributed by atoms with Crippen LogP contribution >= 0.6 is 11.3 Å². The number of aryl methyl sites for hydroxylation is 2. The number of anilines is 1. The van der Waals surface area contributed by atoms with Gasteiger partial charge in [0.2, 0.25) is 11.0 Å². The first-order valence-corrected chi connectivity index (χ1v) is 8.87. The van der Waals surface area contributed by atoms with Crippen LogP contribution in [0.15, 0.2) is 41.0 Å². The summed E-state index contributed by atoms with van der Waals surface area (Å²) in [6.45, 7) is 4.25. The molecular formula is C18H18N4O3S. The summed E-state index contributed by atoms with van der Waals surface area (Å²) in [6, 6.07) is 9.29. The summed E-state index contributed by atoms with van der Waals surface area (Å²) in [5, 5.41) is 14.7. The zero-order valence-corrected chi connectivity index (χ0v) is 15.2. The van der Waals surface area contributed by atoms with Gasteiger partial charge in [-0.1, -0.05) is 35.1 Å². The molecule has 3 rings (SSSR count). The largest absolute Gasteiger partial charge is 0.459 e. The molecule has 26 heavy (non-hydrogen) atoms. The Kier molecular flexibility index (Phi) is 5.43. The second kappa shape index (κ2) is 7.92. The molecule has 0 saturated heterocycles. The fraction of sp³-hybridized carbons (Fsp3) is 0.222. The molecule has 3 aromatic rings. The summed E-state index contributed by atoms with van der Waals surface area (Å²) in [6.07, 6.45) is 1.55. The molecule has 0 saturated carbocycles. The van der Waals surface area contributed by atoms with Gasteiger partial charge in [0.15, 0.2) is 5.76 Å². The molecule has 2 N–H and O–H groups in total. The van der Waals surface area contributed by atoms with Gasteiger partial charge >= 0.3 is 0 Å². The first-order chi connectivity index (χ1) is 12.5. The number of nitrogens with zero attached hydrogens (tertiary/aromatic N) is 2. The molecular weight excluding hydrogens is 352 g/mol. The molecule has 2 heterocycles. The zero-order chi connectivity index (χ0) is 18.5. The Bertz CT molecular complexity index is 918. The topological polar surface area (TPSA) is 97.1 Å². The Morgan fingerprint density at radius 3 is 2.77 bits per heavy atom. The first kappa shape index (κ1) is 17.8. The Labute approximate surface area is 154 Å². The number of rotatable bonds is 6. The molecule has 2 aromatic heterocycles. The van der Waals surface area contributed by atoms with Crippen LogP contribution in [-0.4, -0.2) is 28.6 Å². The second-order valence-corrected chi connectivity index (χ2v) is 6.74. The molecule has 0 atom stereocenters. The Balaban J connectivity index is 1.52. The van der Waals surface area contributed by atoms with Crippen LogP contribution in [0.2, 0.25) is 0 Å². The smallest absolute Gasteiger partial charge is 0.286 e. The normalized spacial score (nSPS) is 10.5. The van der Waals surface area contributed by atoms with E-state index in [4.69, 9.17) is 4.42 Å². The number of hydrogen-bond donors (Lipinski definition) is 2. The summed E-state index contributed by atoms with van der Waals surface area (Å²) in [5.74, 6) is -0.378. The van der Waals surface area contributed by atoms with E-state index in [0.717, 1.165) is 16.1 Å². The molecule has 7 nitrogen and oxygen atoms in total. The first-order valence-electron chi connectivity index (χ1n) is 8.05. The van der Waals surface area contributed by atoms with Gasteiger partial charge in [0.1, 0.15) is 5.01 Å². The van der Waals surface area contributed by atoms with Crippen LogP contribution in [0, 0.1) is 13.8 Å². The van der Waals surface area contributed by atoms with Gasteiger partial charge in [0, 0.05) is 18.5 Å². The zero-order valence-electron chi connectivity index (χ0n) is 14.4. The molecule has 0 aliphatic carbocycles. The van der Waals surface area contributed by atoms with E-state index in [-0.39, 0.29) is 30.5 Å². The molecule has 0 unspecified atom stereocenters. The third-order valence-electron chi connectivity index (χ3n) is 3.67. The highest BCUT2D eigenvalue weighted by molar-refractivity contribution is 7.18. The maximum atomic E-state index is 12.0. The van der Waals surface area contributed by atoms with Gasteiger partial charge in [-0.05, 0) is 31.5 Å². The minimum atomic E-state index is -0.351. The van der Waals surface area contributed by atoms with Gasteiger partial charge in [0.05, 0.1) is 6.26 Å². The summed E-state index contributed by atoms with van der Waals surface area (Å²) < 4.78 is 4.98. The fourth-order valence-corrected chi connectivity index (χ4v) is 3.25. The van der Waals surface area contributed by atoms with Crippen molar-refractivity contribution in [3.05, 3.63) is 53.5 Å². The Morgan fingerprint density at radius 2 is 2.04 bits per heavy atom. The molecule has 2 amide bonds. The average molecular weight is 370 g/mol. The number of hydrogen-bond acceptors (Lipinski definition) is 6. The number of amides is 2. The highest BCUT2D eigenvalue weighted by Gasteiger charge is 2.12. The maximum absolute atomic E-state index is 12.0. The lowest BCUT2D eigenvalue weighted by molar-refractivity contribution is -0.116. The van der Waals surface area contributed by atoms with Gasteiger partial charge < -0.3 is 15.1 Å². The van der Waals surface area contributed by atoms with Crippen LogP contribution in [0.5, 0.6) is 0 Å². The molecule has 0 aliphatic heterocycles. The van der Waals surface area contributed by atoms with Crippen molar-refractivity contribution in [2.45, 2.75) is 20.3 Å². The molecule has 0 bridgehead atoms. The summed E-state index contributed by atoms with van der Waals surface area (Å²) >= 11 is 1.32. The number of benzene rings is 1. The lowest BCUT2D eigenvalue weighted by atomic mass is 10.1. The van der Waals surface area contributed by atoms with Gasteiger partial charge in [-0.3, -0.25) is 9.59 Å². The quantitative estimate of drug-likeness (QED) is 0.695. The third-order valence-corrected chi connectivity index (χ3v) is 4.54. The molecule has 0 spiro atoms. The van der Waals surface area contributed by atoms with Gasteiger partial charge in [-0.15, -0.1) is 10.2 Å². The maximum Gasteiger partial charge on any atom is 0.286 e. The van der Waals surface area contributed by atoms with E-state index in [1.165, 1.54) is 23.2 Å². The molecule has 8 heteroatoms. The van der Waals surface area contributed by atoms with E-state index in [0.29, 0.717) is 5.13 Å². The molecule has 0 aliphatic rings. The number of aromatic nitrogens is 2. The highest BCUT2D eigenvalue weighted by atomic mass is 32.1. The standard InChI is InChI=1S/C18H18N4O3S/c1-11-5-6-13(12(2)10-11)17-21-22-18(26-17)20-15(23)7-8-19-16(24)14-4-3-9-25-14/h3-6,9-10H,7-8H2,1-2H3,(H,19,24)(H,20,22,23). The van der Waals surface area contributed by atoms with Crippen LogP contribution in [-0.2, 0) is 4.79 Å². The van der Waals surface area contributed by atoms with Crippen molar-refractivity contribution < 1.29 is 14.0 Å². The Hall–Kier alpha value is -3.00. The van der Waals surface area contributed by atoms with Crippen molar-refractivity contribution in [1.29, 1.82) is 0 Å². The van der Waals surface area contributed by atoms with Crippen LogP contribution in [0.1, 0.15) is 28.1 Å². The number of carbonyl (C=O) groups excluding carboxylic acids is 2. The average Bonchev–Trinajstić information content (AvgIpc) is 3.26. The minimum Gasteiger partial charge on any atom is -0.459 e. The van der Waals surface area contributed by atoms with E-state index < -0.39 is 0 Å². The van der Waals surface area contributed by atoms with E-state index in [2.05, 4.69) is 26.9 Å². The fourth-order valence-electron chi connectivity index (χ4n) is 2.40. The van der Waals surface area contributed by atoms with E-state index in [9.17, 15) is 9.59 Å². The molecule has 0 radical (unpaired) electrons. The number of nitrogens with one attached hydrogen (secondary N) is 2. The predicted octanol–water partition coefficient (Wildman–Crippen LogP) is 3.17. The summed E-state index contributed by atoms with van der Waals surface area (Å²) in [4.78, 5) is 23.7. The predicted molar refractivity (Wildman–Crippen MR) is 99.1 cm³/mol. The lowest BCUT2D eigenvalue weighted by Crippen LogP contribution is -2.27. The van der Waals surface area contributed by atoms with E-state index >= 15 is 0 Å². The van der Waals surface area contributed by atoms with Crippen LogP contribution in [0.25, 0.3) is 10.6 Å². The monoisotopic (exact) mass is 370 g/mol. The van der Waals surface area contributed by atoms with Gasteiger partial charge in [-0.2, -0.15) is 0 Å². The third kappa shape index (κ3) is 4.34. The van der Waals surface area contributed by atoms with Gasteiger partial charge in [-0.25, -0.2) is 0 Å². The number of carbonyl (C=O) groups is 2. The van der Waals surface area contributed by atoms with Crippen molar-refractivity contribution in [3.63, 3.8) is 0 Å². The van der Waals surface area contributed by atoms with Crippen LogP contribution in [0.3, 0.4) is 0 Å². The van der Waals surface area contributed by atoms with Crippen LogP contribution < -0.4 is 10.6 Å². The summed E-state index contributed by atoms with van der Waals surface area (Å²) in [5.41, 5.74) is 3.29. The van der Waals surface area contributed by atoms with Crippen molar-refractivity contribution in [2.24, 2.45) is 0 Å². The molecule has 1 aromatic carbocycles. The van der Waals surface area contributed by atoms with E-state index in [1.807, 2.05) is 26.0 Å². The summed E-state index contributed by atoms with van der Waals surface area (Å²) in [7, 11) is 0.